The van der Waals surface area contributed by atoms with Crippen molar-refractivity contribution >= 4 is 29.5 Å². The van der Waals surface area contributed by atoms with Gasteiger partial charge in [0.2, 0.25) is 11.8 Å². The zero-order valence-corrected chi connectivity index (χ0v) is 24.1. The van der Waals surface area contributed by atoms with Crippen LogP contribution < -0.4 is 0 Å². The molecule has 0 radical (unpaired) electrons. The van der Waals surface area contributed by atoms with Gasteiger partial charge in [-0.05, 0) is 44.6 Å². The Morgan fingerprint density at radius 2 is 1.75 bits per heavy atom. The molecule has 7 nitrogen and oxygen atoms in total. The van der Waals surface area contributed by atoms with Crippen molar-refractivity contribution in [2.75, 3.05) is 19.8 Å². The van der Waals surface area contributed by atoms with E-state index in [0.29, 0.717) is 13.2 Å². The summed E-state index contributed by atoms with van der Waals surface area (Å²) in [5, 5.41) is 10.7. The molecule has 1 N–H and O–H groups in total. The topological polar surface area (TPSA) is 87.1 Å². The number of thioether (sulfide) groups is 1. The Labute approximate surface area is 241 Å². The fraction of sp³-hybridized carbons (Fsp3) is 0.594. The first-order valence-electron chi connectivity index (χ1n) is 14.9. The van der Waals surface area contributed by atoms with Crippen LogP contribution in [0.2, 0.25) is 0 Å². The minimum atomic E-state index is -0.948. The number of hydrogen-bond acceptors (Lipinski definition) is 6. The molecule has 1 aromatic rings. The minimum Gasteiger partial charge on any atom is -0.465 e. The van der Waals surface area contributed by atoms with E-state index in [1.807, 2.05) is 42.2 Å². The summed E-state index contributed by atoms with van der Waals surface area (Å²) in [4.78, 5) is 46.9. The second-order valence-electron chi connectivity index (χ2n) is 12.1. The summed E-state index contributed by atoms with van der Waals surface area (Å²) in [6.45, 7) is 2.53. The van der Waals surface area contributed by atoms with Gasteiger partial charge in [0.1, 0.15) is 6.04 Å². The maximum atomic E-state index is 14.8. The monoisotopic (exact) mass is 564 g/mol. The Morgan fingerprint density at radius 1 is 0.975 bits per heavy atom. The average molecular weight is 565 g/mol. The van der Waals surface area contributed by atoms with Crippen LogP contribution in [-0.4, -0.2) is 74.0 Å². The highest BCUT2D eigenvalue weighted by Gasteiger charge is 2.74. The lowest BCUT2D eigenvalue weighted by molar-refractivity contribution is -0.155. The van der Waals surface area contributed by atoms with Crippen LogP contribution in [0.25, 0.3) is 0 Å². The molecule has 214 valence electrons. The Balaban J connectivity index is 1.50. The van der Waals surface area contributed by atoms with E-state index in [2.05, 4.69) is 24.3 Å². The molecule has 6 atom stereocenters. The second kappa shape index (κ2) is 11.0. The SMILES string of the molecule is C[C@]12/C=C\CCCCOC(=O)[C@H]1[C@H]1C(=O)N([C@H](CO)c3ccccc3)C3C(=O)N(C4CCCCC4)CC=C[C@@]31S2. The predicted octanol–water partition coefficient (Wildman–Crippen LogP) is 4.42. The summed E-state index contributed by atoms with van der Waals surface area (Å²) in [5.41, 5.74) is 0.778. The molecule has 2 saturated heterocycles. The predicted molar refractivity (Wildman–Crippen MR) is 154 cm³/mol. The molecule has 1 unspecified atom stereocenters. The van der Waals surface area contributed by atoms with E-state index in [-0.39, 0.29) is 30.4 Å². The summed E-state index contributed by atoms with van der Waals surface area (Å²) >= 11 is 1.57. The van der Waals surface area contributed by atoms with E-state index in [9.17, 15) is 19.5 Å². The van der Waals surface area contributed by atoms with Crippen LogP contribution >= 0.6 is 11.8 Å². The Morgan fingerprint density at radius 3 is 2.50 bits per heavy atom. The third kappa shape index (κ3) is 4.42. The molecule has 1 spiro atoms. The smallest absolute Gasteiger partial charge is 0.311 e. The van der Waals surface area contributed by atoms with E-state index in [1.165, 1.54) is 6.42 Å². The van der Waals surface area contributed by atoms with Gasteiger partial charge in [-0.15, -0.1) is 11.8 Å². The molecule has 1 aromatic carbocycles. The number of cyclic esters (lactones) is 1. The molecule has 6 rings (SSSR count). The lowest BCUT2D eigenvalue weighted by Gasteiger charge is -2.42. The zero-order valence-electron chi connectivity index (χ0n) is 23.2. The van der Waals surface area contributed by atoms with Crippen LogP contribution in [0.3, 0.4) is 0 Å². The van der Waals surface area contributed by atoms with E-state index in [1.54, 1.807) is 16.7 Å². The number of nitrogens with zero attached hydrogens (tertiary/aromatic N) is 2. The van der Waals surface area contributed by atoms with Gasteiger partial charge in [0, 0.05) is 17.3 Å². The number of hydrogen-bond donors (Lipinski definition) is 1. The van der Waals surface area contributed by atoms with E-state index in [0.717, 1.165) is 50.5 Å². The molecule has 40 heavy (non-hydrogen) atoms. The van der Waals surface area contributed by atoms with E-state index >= 15 is 0 Å². The number of aliphatic hydroxyl groups is 1. The van der Waals surface area contributed by atoms with Crippen LogP contribution in [0.1, 0.15) is 69.9 Å². The highest BCUT2D eigenvalue weighted by Crippen LogP contribution is 2.66. The van der Waals surface area contributed by atoms with Crippen molar-refractivity contribution in [1.29, 1.82) is 0 Å². The Bertz CT molecular complexity index is 1200. The number of carbonyl (C=O) groups is 3. The van der Waals surface area contributed by atoms with Crippen molar-refractivity contribution in [3.05, 3.63) is 60.2 Å². The molecule has 1 aliphatic carbocycles. The van der Waals surface area contributed by atoms with Gasteiger partial charge >= 0.3 is 5.97 Å². The normalized spacial score (nSPS) is 36.4. The molecule has 1 saturated carbocycles. The van der Waals surface area contributed by atoms with Gasteiger partial charge < -0.3 is 19.6 Å². The number of aliphatic hydroxyl groups excluding tert-OH is 1. The number of carbonyl (C=O) groups excluding carboxylic acids is 3. The maximum absolute atomic E-state index is 14.8. The fourth-order valence-electron chi connectivity index (χ4n) is 7.84. The number of allylic oxidation sites excluding steroid dienone is 1. The van der Waals surface area contributed by atoms with Gasteiger partial charge in [-0.2, -0.15) is 0 Å². The highest BCUT2D eigenvalue weighted by atomic mass is 32.2. The van der Waals surface area contributed by atoms with Crippen molar-refractivity contribution in [1.82, 2.24) is 9.80 Å². The van der Waals surface area contributed by atoms with Gasteiger partial charge in [0.25, 0.3) is 0 Å². The summed E-state index contributed by atoms with van der Waals surface area (Å²) in [5.74, 6) is -2.19. The Hall–Kier alpha value is -2.58. The van der Waals surface area contributed by atoms with E-state index < -0.39 is 33.4 Å². The highest BCUT2D eigenvalue weighted by molar-refractivity contribution is 8.02. The van der Waals surface area contributed by atoms with Crippen LogP contribution in [0, 0.1) is 11.8 Å². The number of ether oxygens (including phenoxy) is 1. The molecular weight excluding hydrogens is 524 g/mol. The van der Waals surface area contributed by atoms with Crippen molar-refractivity contribution < 1.29 is 24.2 Å². The van der Waals surface area contributed by atoms with Crippen molar-refractivity contribution in [2.24, 2.45) is 11.8 Å². The molecule has 8 heteroatoms. The average Bonchev–Trinajstić information content (AvgIpc) is 3.29. The third-order valence-electron chi connectivity index (χ3n) is 9.68. The molecule has 3 fully saturated rings. The van der Waals surface area contributed by atoms with Crippen LogP contribution in [0.5, 0.6) is 0 Å². The lowest BCUT2D eigenvalue weighted by Crippen LogP contribution is -2.56. The van der Waals surface area contributed by atoms with Crippen molar-refractivity contribution in [3.8, 4) is 0 Å². The molecular formula is C32H40N2O5S. The quantitative estimate of drug-likeness (QED) is 0.430. The molecule has 0 aromatic heterocycles. The van der Waals surface area contributed by atoms with Crippen LogP contribution in [-0.2, 0) is 19.1 Å². The first-order chi connectivity index (χ1) is 19.4. The van der Waals surface area contributed by atoms with Crippen molar-refractivity contribution in [2.45, 2.75) is 85.9 Å². The molecule has 4 heterocycles. The van der Waals surface area contributed by atoms with Crippen LogP contribution in [0.4, 0.5) is 0 Å². The zero-order chi connectivity index (χ0) is 27.9. The lowest BCUT2D eigenvalue weighted by atomic mass is 9.74. The third-order valence-corrected chi connectivity index (χ3v) is 11.5. The first-order valence-corrected chi connectivity index (χ1v) is 15.7. The first kappa shape index (κ1) is 27.6. The minimum absolute atomic E-state index is 0.0701. The Kier molecular flexibility index (Phi) is 7.59. The summed E-state index contributed by atoms with van der Waals surface area (Å²) < 4.78 is 4.13. The van der Waals surface area contributed by atoms with Crippen LogP contribution in [0.15, 0.2) is 54.6 Å². The number of fused-ring (bicyclic) bond motifs is 2. The number of amides is 2. The molecule has 5 aliphatic rings. The summed E-state index contributed by atoms with van der Waals surface area (Å²) in [6, 6.07) is 8.06. The fourth-order valence-corrected chi connectivity index (χ4v) is 9.98. The maximum Gasteiger partial charge on any atom is 0.311 e. The molecule has 2 amide bonds. The second-order valence-corrected chi connectivity index (χ2v) is 13.9. The van der Waals surface area contributed by atoms with Gasteiger partial charge in [-0.1, -0.05) is 73.9 Å². The summed E-state index contributed by atoms with van der Waals surface area (Å²) in [6.07, 6.45) is 16.2. The largest absolute Gasteiger partial charge is 0.465 e. The van der Waals surface area contributed by atoms with Gasteiger partial charge in [0.15, 0.2) is 0 Å². The van der Waals surface area contributed by atoms with Gasteiger partial charge in [0.05, 0.1) is 35.8 Å². The number of benzene rings is 1. The standard InChI is InChI=1S/C32H40N2O5S/c1-31-17-10-2-3-11-20-39-30(38)26(31)25-28(36)34(24(21-35)22-13-6-4-7-14-22)27-29(37)33(23-15-8-5-9-16-23)19-12-18-32(25,27)40-31/h4,6-7,10,12-14,17-18,23-27,35H,2-3,5,8-9,11,15-16,19-21H2,1H3/b17-10-/t24-,25+,26-,27?,31+,32+/m1/s1. The molecule has 0 bridgehead atoms. The number of rotatable bonds is 4. The summed E-state index contributed by atoms with van der Waals surface area (Å²) in [7, 11) is 0. The van der Waals surface area contributed by atoms with Gasteiger partial charge in [-0.3, -0.25) is 14.4 Å². The van der Waals surface area contributed by atoms with Gasteiger partial charge in [-0.25, -0.2) is 0 Å². The van der Waals surface area contributed by atoms with E-state index in [4.69, 9.17) is 4.74 Å². The molecule has 4 aliphatic heterocycles. The number of esters is 1. The van der Waals surface area contributed by atoms with Crippen molar-refractivity contribution in [3.63, 3.8) is 0 Å². The number of likely N-dealkylation sites (tertiary alicyclic amines) is 1.